The summed E-state index contributed by atoms with van der Waals surface area (Å²) in [4.78, 5) is 12.3. The molecule has 0 fully saturated rings. The molecule has 0 spiro atoms. The molecule has 1 amide bonds. The van der Waals surface area contributed by atoms with Gasteiger partial charge in [0.05, 0.1) is 0 Å². The van der Waals surface area contributed by atoms with Crippen molar-refractivity contribution in [3.05, 3.63) is 11.9 Å². The lowest BCUT2D eigenvalue weighted by Crippen LogP contribution is -2.26. The van der Waals surface area contributed by atoms with Crippen molar-refractivity contribution in [3.63, 3.8) is 0 Å². The molecule has 1 heterocycles. The van der Waals surface area contributed by atoms with Crippen LogP contribution in [-0.2, 0) is 4.79 Å². The predicted octanol–water partition coefficient (Wildman–Crippen LogP) is 0.0387. The van der Waals surface area contributed by atoms with Crippen LogP contribution < -0.4 is 5.73 Å². The summed E-state index contributed by atoms with van der Waals surface area (Å²) in [5.41, 5.74) is 6.24. The molecule has 1 aliphatic rings. The molecular formula is C6H10N2O. The molecule has 0 atom stereocenters. The highest BCUT2D eigenvalue weighted by atomic mass is 16.2. The first-order valence-electron chi connectivity index (χ1n) is 2.92. The summed E-state index contributed by atoms with van der Waals surface area (Å²) in [5, 5.41) is 0. The van der Waals surface area contributed by atoms with E-state index < -0.39 is 0 Å². The number of allylic oxidation sites excluding steroid dienone is 1. The molecule has 0 bridgehead atoms. The van der Waals surface area contributed by atoms with Crippen LogP contribution in [0.5, 0.6) is 0 Å². The molecule has 1 rings (SSSR count). The number of carbonyl (C=O) groups excluding carboxylic acids is 1. The Kier molecular flexibility index (Phi) is 1.42. The van der Waals surface area contributed by atoms with Crippen molar-refractivity contribution in [1.82, 2.24) is 4.90 Å². The molecule has 0 saturated carbocycles. The standard InChI is InChI=1S/C6H10N2O/c1-8-4-5(7)2-3-6(8)9/h4H,2-3,7H2,1H3. The molecule has 3 heteroatoms. The van der Waals surface area contributed by atoms with Crippen molar-refractivity contribution in [2.24, 2.45) is 5.73 Å². The van der Waals surface area contributed by atoms with Gasteiger partial charge in [-0.15, -0.1) is 0 Å². The van der Waals surface area contributed by atoms with Crippen molar-refractivity contribution in [2.75, 3.05) is 7.05 Å². The normalized spacial score (nSPS) is 19.9. The highest BCUT2D eigenvalue weighted by molar-refractivity contribution is 5.78. The van der Waals surface area contributed by atoms with Crippen LogP contribution in [0.4, 0.5) is 0 Å². The van der Waals surface area contributed by atoms with Gasteiger partial charge >= 0.3 is 0 Å². The number of nitrogens with two attached hydrogens (primary N) is 1. The van der Waals surface area contributed by atoms with E-state index in [2.05, 4.69) is 0 Å². The summed E-state index contributed by atoms with van der Waals surface area (Å²) in [5.74, 6) is 0.143. The summed E-state index contributed by atoms with van der Waals surface area (Å²) in [7, 11) is 1.72. The van der Waals surface area contributed by atoms with Crippen LogP contribution in [-0.4, -0.2) is 17.9 Å². The number of amides is 1. The van der Waals surface area contributed by atoms with E-state index in [9.17, 15) is 4.79 Å². The zero-order chi connectivity index (χ0) is 6.85. The van der Waals surface area contributed by atoms with Crippen LogP contribution in [0, 0.1) is 0 Å². The third-order valence-corrected chi connectivity index (χ3v) is 1.38. The number of hydrogen-bond donors (Lipinski definition) is 1. The molecule has 3 nitrogen and oxygen atoms in total. The molecule has 9 heavy (non-hydrogen) atoms. The molecule has 2 N–H and O–H groups in total. The minimum Gasteiger partial charge on any atom is -0.401 e. The van der Waals surface area contributed by atoms with E-state index in [4.69, 9.17) is 5.73 Å². The maximum absolute atomic E-state index is 10.8. The van der Waals surface area contributed by atoms with Gasteiger partial charge in [-0.3, -0.25) is 4.79 Å². The maximum atomic E-state index is 10.8. The largest absolute Gasteiger partial charge is 0.401 e. The van der Waals surface area contributed by atoms with Gasteiger partial charge in [-0.05, 0) is 6.42 Å². The van der Waals surface area contributed by atoms with Crippen LogP contribution in [0.2, 0.25) is 0 Å². The second-order valence-electron chi connectivity index (χ2n) is 2.21. The van der Waals surface area contributed by atoms with E-state index in [1.54, 1.807) is 13.2 Å². The molecule has 1 aliphatic heterocycles. The summed E-state index contributed by atoms with van der Waals surface area (Å²) >= 11 is 0. The summed E-state index contributed by atoms with van der Waals surface area (Å²) in [6, 6.07) is 0. The smallest absolute Gasteiger partial charge is 0.226 e. The number of rotatable bonds is 0. The van der Waals surface area contributed by atoms with Crippen LogP contribution in [0.1, 0.15) is 12.8 Å². The Morgan fingerprint density at radius 1 is 1.67 bits per heavy atom. The quantitative estimate of drug-likeness (QED) is 0.498. The van der Waals surface area contributed by atoms with Gasteiger partial charge in [0.1, 0.15) is 0 Å². The van der Waals surface area contributed by atoms with Gasteiger partial charge in [-0.2, -0.15) is 0 Å². The SMILES string of the molecule is CN1C=C(N)CCC1=O. The Morgan fingerprint density at radius 3 is 2.78 bits per heavy atom. The van der Waals surface area contributed by atoms with Crippen LogP contribution >= 0.6 is 0 Å². The van der Waals surface area contributed by atoms with Gasteiger partial charge in [0, 0.05) is 25.4 Å². The number of carbonyl (C=O) groups is 1. The second kappa shape index (κ2) is 2.09. The van der Waals surface area contributed by atoms with Gasteiger partial charge in [0.15, 0.2) is 0 Å². The van der Waals surface area contributed by atoms with Crippen LogP contribution in [0.3, 0.4) is 0 Å². The lowest BCUT2D eigenvalue weighted by Gasteiger charge is -2.17. The second-order valence-corrected chi connectivity index (χ2v) is 2.21. The fraction of sp³-hybridized carbons (Fsp3) is 0.500. The maximum Gasteiger partial charge on any atom is 0.226 e. The highest BCUT2D eigenvalue weighted by Gasteiger charge is 2.11. The van der Waals surface area contributed by atoms with Gasteiger partial charge in [-0.1, -0.05) is 0 Å². The minimum atomic E-state index is 0.143. The molecule has 0 aromatic heterocycles. The third-order valence-electron chi connectivity index (χ3n) is 1.38. The molecular weight excluding hydrogens is 116 g/mol. The van der Waals surface area contributed by atoms with E-state index in [1.807, 2.05) is 0 Å². The van der Waals surface area contributed by atoms with E-state index in [0.29, 0.717) is 12.8 Å². The Hall–Kier alpha value is -0.990. The average Bonchev–Trinajstić information content (AvgIpc) is 1.80. The summed E-state index contributed by atoms with van der Waals surface area (Å²) in [6.07, 6.45) is 2.94. The van der Waals surface area contributed by atoms with E-state index in [-0.39, 0.29) is 5.91 Å². The van der Waals surface area contributed by atoms with Crippen molar-refractivity contribution < 1.29 is 4.79 Å². The lowest BCUT2D eigenvalue weighted by molar-refractivity contribution is -0.128. The van der Waals surface area contributed by atoms with Crippen molar-refractivity contribution in [3.8, 4) is 0 Å². The Balaban J connectivity index is 2.69. The Morgan fingerprint density at radius 2 is 2.33 bits per heavy atom. The van der Waals surface area contributed by atoms with Gasteiger partial charge in [0.25, 0.3) is 0 Å². The Labute approximate surface area is 54.1 Å². The van der Waals surface area contributed by atoms with Crippen LogP contribution in [0.25, 0.3) is 0 Å². The topological polar surface area (TPSA) is 46.3 Å². The number of nitrogens with zero attached hydrogens (tertiary/aromatic N) is 1. The first-order valence-corrected chi connectivity index (χ1v) is 2.92. The third kappa shape index (κ3) is 1.22. The minimum absolute atomic E-state index is 0.143. The van der Waals surface area contributed by atoms with E-state index in [0.717, 1.165) is 5.70 Å². The molecule has 0 aromatic carbocycles. The van der Waals surface area contributed by atoms with Crippen molar-refractivity contribution >= 4 is 5.91 Å². The predicted molar refractivity (Wildman–Crippen MR) is 34.3 cm³/mol. The van der Waals surface area contributed by atoms with Crippen molar-refractivity contribution in [2.45, 2.75) is 12.8 Å². The molecule has 0 aromatic rings. The highest BCUT2D eigenvalue weighted by Crippen LogP contribution is 2.08. The summed E-state index contributed by atoms with van der Waals surface area (Å²) < 4.78 is 0. The van der Waals surface area contributed by atoms with E-state index >= 15 is 0 Å². The van der Waals surface area contributed by atoms with Gasteiger partial charge in [0.2, 0.25) is 5.91 Å². The average molecular weight is 126 g/mol. The molecule has 0 aliphatic carbocycles. The molecule has 0 unspecified atom stereocenters. The van der Waals surface area contributed by atoms with Gasteiger partial charge < -0.3 is 10.6 Å². The van der Waals surface area contributed by atoms with E-state index in [1.165, 1.54) is 4.90 Å². The fourth-order valence-electron chi connectivity index (χ4n) is 0.813. The Bertz CT molecular complexity index is 162. The fourth-order valence-corrected chi connectivity index (χ4v) is 0.813. The van der Waals surface area contributed by atoms with Crippen molar-refractivity contribution in [1.29, 1.82) is 0 Å². The number of hydrogen-bond acceptors (Lipinski definition) is 2. The summed E-state index contributed by atoms with van der Waals surface area (Å²) in [6.45, 7) is 0. The molecule has 0 radical (unpaired) electrons. The van der Waals surface area contributed by atoms with Crippen LogP contribution in [0.15, 0.2) is 11.9 Å². The molecule has 0 saturated heterocycles. The molecule has 50 valence electrons. The zero-order valence-electron chi connectivity index (χ0n) is 5.42. The zero-order valence-corrected chi connectivity index (χ0v) is 5.42. The monoisotopic (exact) mass is 126 g/mol. The first kappa shape index (κ1) is 6.13. The van der Waals surface area contributed by atoms with Gasteiger partial charge in [-0.25, -0.2) is 0 Å². The lowest BCUT2D eigenvalue weighted by atomic mass is 10.2. The first-order chi connectivity index (χ1) is 4.20.